The van der Waals surface area contributed by atoms with Gasteiger partial charge in [-0.1, -0.05) is 20.3 Å². The summed E-state index contributed by atoms with van der Waals surface area (Å²) in [6.07, 6.45) is 3.32. The molecular formula is C15H25N3O. The maximum Gasteiger partial charge on any atom is 0.250 e. The monoisotopic (exact) mass is 263 g/mol. The second-order valence-electron chi connectivity index (χ2n) is 4.94. The van der Waals surface area contributed by atoms with Crippen molar-refractivity contribution in [1.29, 1.82) is 0 Å². The number of nitrogens with zero attached hydrogens (tertiary/aromatic N) is 1. The summed E-state index contributed by atoms with van der Waals surface area (Å²) in [6.45, 7) is 7.51. The van der Waals surface area contributed by atoms with Gasteiger partial charge in [0.15, 0.2) is 0 Å². The first-order chi connectivity index (χ1) is 9.01. The number of benzene rings is 1. The summed E-state index contributed by atoms with van der Waals surface area (Å²) in [4.78, 5) is 13.7. The predicted molar refractivity (Wildman–Crippen MR) is 81.4 cm³/mol. The van der Waals surface area contributed by atoms with E-state index in [0.717, 1.165) is 31.5 Å². The molecule has 0 aromatic heterocycles. The number of nitrogens with two attached hydrogens (primary N) is 2. The first-order valence-corrected chi connectivity index (χ1v) is 6.97. The molecule has 0 bridgehead atoms. The van der Waals surface area contributed by atoms with Crippen LogP contribution in [0.15, 0.2) is 18.2 Å². The number of hydrogen-bond donors (Lipinski definition) is 2. The summed E-state index contributed by atoms with van der Waals surface area (Å²) in [5.74, 6) is -0.473. The Kier molecular flexibility index (Phi) is 5.67. The molecule has 0 saturated heterocycles. The highest BCUT2D eigenvalue weighted by Crippen LogP contribution is 2.24. The van der Waals surface area contributed by atoms with Gasteiger partial charge in [-0.3, -0.25) is 4.79 Å². The zero-order valence-electron chi connectivity index (χ0n) is 12.1. The molecule has 4 heteroatoms. The quantitative estimate of drug-likeness (QED) is 0.743. The predicted octanol–water partition coefficient (Wildman–Crippen LogP) is 2.77. The van der Waals surface area contributed by atoms with Crippen LogP contribution in [-0.4, -0.2) is 18.5 Å². The Hall–Kier alpha value is -1.71. The molecule has 0 aliphatic heterocycles. The molecule has 1 unspecified atom stereocenters. The lowest BCUT2D eigenvalue weighted by Gasteiger charge is -2.31. The number of amides is 1. The van der Waals surface area contributed by atoms with Crippen LogP contribution in [0.5, 0.6) is 0 Å². The lowest BCUT2D eigenvalue weighted by atomic mass is 10.1. The van der Waals surface area contributed by atoms with Crippen LogP contribution in [0.1, 0.15) is 50.4 Å². The molecule has 1 atom stereocenters. The lowest BCUT2D eigenvalue weighted by molar-refractivity contribution is 0.100. The van der Waals surface area contributed by atoms with Gasteiger partial charge in [0, 0.05) is 24.0 Å². The van der Waals surface area contributed by atoms with Crippen molar-refractivity contribution in [3.05, 3.63) is 23.8 Å². The van der Waals surface area contributed by atoms with E-state index in [9.17, 15) is 4.79 Å². The number of rotatable bonds is 7. The molecule has 1 amide bonds. The highest BCUT2D eigenvalue weighted by molar-refractivity contribution is 5.99. The molecule has 1 aromatic rings. The van der Waals surface area contributed by atoms with E-state index < -0.39 is 5.91 Å². The average molecular weight is 263 g/mol. The lowest BCUT2D eigenvalue weighted by Crippen LogP contribution is -2.33. The number of hydrogen-bond acceptors (Lipinski definition) is 3. The van der Waals surface area contributed by atoms with Crippen LogP contribution in [0.4, 0.5) is 11.4 Å². The van der Waals surface area contributed by atoms with E-state index in [2.05, 4.69) is 25.7 Å². The first kappa shape index (κ1) is 15.3. The topological polar surface area (TPSA) is 72.3 Å². The van der Waals surface area contributed by atoms with Gasteiger partial charge in [-0.25, -0.2) is 0 Å². The smallest absolute Gasteiger partial charge is 0.250 e. The van der Waals surface area contributed by atoms with Crippen LogP contribution >= 0.6 is 0 Å². The first-order valence-electron chi connectivity index (χ1n) is 6.97. The SMILES string of the molecule is CCCCN(c1ccc(N)c(C(N)=O)c1)C(C)CC. The summed E-state index contributed by atoms with van der Waals surface area (Å²) in [5.41, 5.74) is 13.0. The molecule has 0 aliphatic carbocycles. The standard InChI is InChI=1S/C15H25N3O/c1-4-6-9-18(11(3)5-2)12-7-8-14(16)13(10-12)15(17)19/h7-8,10-11H,4-6,9,16H2,1-3H3,(H2,17,19). The van der Waals surface area contributed by atoms with E-state index in [1.165, 1.54) is 0 Å². The van der Waals surface area contributed by atoms with Crippen molar-refractivity contribution in [2.45, 2.75) is 46.1 Å². The van der Waals surface area contributed by atoms with Crippen molar-refractivity contribution >= 4 is 17.3 Å². The third-order valence-corrected chi connectivity index (χ3v) is 3.51. The Labute approximate surface area is 115 Å². The molecule has 0 radical (unpaired) electrons. The van der Waals surface area contributed by atoms with Crippen molar-refractivity contribution < 1.29 is 4.79 Å². The summed E-state index contributed by atoms with van der Waals surface area (Å²) >= 11 is 0. The van der Waals surface area contributed by atoms with Gasteiger partial charge >= 0.3 is 0 Å². The van der Waals surface area contributed by atoms with Crippen molar-refractivity contribution in [1.82, 2.24) is 0 Å². The second kappa shape index (κ2) is 7.02. The van der Waals surface area contributed by atoms with E-state index in [-0.39, 0.29) is 0 Å². The Bertz CT molecular complexity index is 431. The summed E-state index contributed by atoms with van der Waals surface area (Å²) in [7, 11) is 0. The molecule has 0 fully saturated rings. The minimum absolute atomic E-state index is 0.405. The highest BCUT2D eigenvalue weighted by atomic mass is 16.1. The van der Waals surface area contributed by atoms with Gasteiger partial charge in [-0.2, -0.15) is 0 Å². The number of primary amides is 1. The Morgan fingerprint density at radius 1 is 1.37 bits per heavy atom. The second-order valence-corrected chi connectivity index (χ2v) is 4.94. The number of unbranched alkanes of at least 4 members (excludes halogenated alkanes) is 1. The van der Waals surface area contributed by atoms with Crippen molar-refractivity contribution in [3.63, 3.8) is 0 Å². The van der Waals surface area contributed by atoms with Crippen molar-refractivity contribution in [2.24, 2.45) is 5.73 Å². The number of anilines is 2. The third-order valence-electron chi connectivity index (χ3n) is 3.51. The Morgan fingerprint density at radius 2 is 2.05 bits per heavy atom. The van der Waals surface area contributed by atoms with Crippen molar-refractivity contribution in [2.75, 3.05) is 17.2 Å². The van der Waals surface area contributed by atoms with Gasteiger partial charge in [0.1, 0.15) is 0 Å². The molecule has 1 aromatic carbocycles. The van der Waals surface area contributed by atoms with Crippen LogP contribution < -0.4 is 16.4 Å². The van der Waals surface area contributed by atoms with E-state index in [1.54, 1.807) is 12.1 Å². The molecule has 4 nitrogen and oxygen atoms in total. The summed E-state index contributed by atoms with van der Waals surface area (Å²) in [5, 5.41) is 0. The van der Waals surface area contributed by atoms with E-state index >= 15 is 0 Å². The zero-order valence-corrected chi connectivity index (χ0v) is 12.1. The molecule has 106 valence electrons. The largest absolute Gasteiger partial charge is 0.398 e. The highest BCUT2D eigenvalue weighted by Gasteiger charge is 2.15. The summed E-state index contributed by atoms with van der Waals surface area (Å²) in [6, 6.07) is 5.95. The number of carbonyl (C=O) groups is 1. The van der Waals surface area contributed by atoms with Gasteiger partial charge in [-0.15, -0.1) is 0 Å². The maximum absolute atomic E-state index is 11.4. The fraction of sp³-hybridized carbons (Fsp3) is 0.533. The maximum atomic E-state index is 11.4. The van der Waals surface area contributed by atoms with Crippen LogP contribution in [0.3, 0.4) is 0 Å². The van der Waals surface area contributed by atoms with Crippen LogP contribution in [0.25, 0.3) is 0 Å². The fourth-order valence-corrected chi connectivity index (χ4v) is 2.09. The Balaban J connectivity index is 3.07. The van der Waals surface area contributed by atoms with E-state index in [0.29, 0.717) is 17.3 Å². The molecule has 4 N–H and O–H groups in total. The van der Waals surface area contributed by atoms with Gasteiger partial charge in [0.25, 0.3) is 5.91 Å². The molecule has 0 heterocycles. The van der Waals surface area contributed by atoms with Crippen LogP contribution in [-0.2, 0) is 0 Å². The zero-order chi connectivity index (χ0) is 14.4. The van der Waals surface area contributed by atoms with E-state index in [4.69, 9.17) is 11.5 Å². The van der Waals surface area contributed by atoms with Crippen LogP contribution in [0, 0.1) is 0 Å². The van der Waals surface area contributed by atoms with Gasteiger partial charge < -0.3 is 16.4 Å². The normalized spacial score (nSPS) is 12.2. The minimum Gasteiger partial charge on any atom is -0.398 e. The third kappa shape index (κ3) is 3.88. The fourth-order valence-electron chi connectivity index (χ4n) is 2.09. The minimum atomic E-state index is -0.473. The van der Waals surface area contributed by atoms with Crippen LogP contribution in [0.2, 0.25) is 0 Å². The Morgan fingerprint density at radius 3 is 2.58 bits per heavy atom. The summed E-state index contributed by atoms with van der Waals surface area (Å²) < 4.78 is 0. The van der Waals surface area contributed by atoms with Gasteiger partial charge in [-0.05, 0) is 38.0 Å². The molecule has 1 rings (SSSR count). The van der Waals surface area contributed by atoms with Crippen molar-refractivity contribution in [3.8, 4) is 0 Å². The molecule has 19 heavy (non-hydrogen) atoms. The molecular weight excluding hydrogens is 238 g/mol. The van der Waals surface area contributed by atoms with E-state index in [1.807, 2.05) is 6.07 Å². The van der Waals surface area contributed by atoms with Gasteiger partial charge in [0.05, 0.1) is 5.56 Å². The number of carbonyl (C=O) groups excluding carboxylic acids is 1. The molecule has 0 spiro atoms. The molecule has 0 aliphatic rings. The average Bonchev–Trinajstić information content (AvgIpc) is 2.40. The van der Waals surface area contributed by atoms with Gasteiger partial charge in [0.2, 0.25) is 0 Å². The molecule has 0 saturated carbocycles. The number of nitrogen functional groups attached to an aromatic ring is 1.